The van der Waals surface area contributed by atoms with E-state index in [1.54, 1.807) is 0 Å². The quantitative estimate of drug-likeness (QED) is 0.393. The molecule has 0 aliphatic heterocycles. The number of ether oxygens (including phenoxy) is 1. The molecule has 0 fully saturated rings. The van der Waals surface area contributed by atoms with E-state index in [0.29, 0.717) is 6.29 Å². The van der Waals surface area contributed by atoms with Crippen molar-refractivity contribution in [1.82, 2.24) is 0 Å². The predicted octanol–water partition coefficient (Wildman–Crippen LogP) is 1.16. The SMILES string of the molecule is COC(=O)c1cccc(C#CC=O)c1F. The first-order valence-corrected chi connectivity index (χ1v) is 4.02. The molecule has 1 aromatic carbocycles. The summed E-state index contributed by atoms with van der Waals surface area (Å²) in [6, 6.07) is 4.12. The maximum Gasteiger partial charge on any atom is 0.340 e. The lowest BCUT2D eigenvalue weighted by Gasteiger charge is -2.01. The molecule has 0 saturated heterocycles. The molecule has 4 heteroatoms. The van der Waals surface area contributed by atoms with Gasteiger partial charge in [0.15, 0.2) is 12.1 Å². The third-order valence-electron chi connectivity index (χ3n) is 1.67. The van der Waals surface area contributed by atoms with Crippen LogP contribution in [-0.2, 0) is 9.53 Å². The molecular weight excluding hydrogens is 199 g/mol. The lowest BCUT2D eigenvalue weighted by Crippen LogP contribution is -2.05. The predicted molar refractivity (Wildman–Crippen MR) is 50.7 cm³/mol. The first-order valence-electron chi connectivity index (χ1n) is 4.02. The van der Waals surface area contributed by atoms with Gasteiger partial charge >= 0.3 is 5.97 Å². The summed E-state index contributed by atoms with van der Waals surface area (Å²) in [5.74, 6) is 2.79. The minimum absolute atomic E-state index is 0.00926. The highest BCUT2D eigenvalue weighted by atomic mass is 19.1. The molecule has 0 amide bonds. The number of methoxy groups -OCH3 is 1. The van der Waals surface area contributed by atoms with Gasteiger partial charge in [-0.25, -0.2) is 9.18 Å². The number of carbonyl (C=O) groups is 2. The van der Waals surface area contributed by atoms with Gasteiger partial charge in [0.05, 0.1) is 18.2 Å². The van der Waals surface area contributed by atoms with Crippen molar-refractivity contribution in [1.29, 1.82) is 0 Å². The van der Waals surface area contributed by atoms with E-state index in [0.717, 1.165) is 7.11 Å². The molecule has 0 unspecified atom stereocenters. The molecule has 0 bridgehead atoms. The summed E-state index contributed by atoms with van der Waals surface area (Å²) in [4.78, 5) is 21.1. The number of aldehydes is 1. The van der Waals surface area contributed by atoms with E-state index < -0.39 is 11.8 Å². The van der Waals surface area contributed by atoms with E-state index >= 15 is 0 Å². The van der Waals surface area contributed by atoms with Crippen LogP contribution in [0.25, 0.3) is 0 Å². The second-order valence-electron chi connectivity index (χ2n) is 2.55. The fourth-order valence-corrected chi connectivity index (χ4v) is 1.00. The van der Waals surface area contributed by atoms with Crippen molar-refractivity contribution in [3.05, 3.63) is 35.1 Å². The second kappa shape index (κ2) is 4.91. The molecule has 0 radical (unpaired) electrons. The first-order chi connectivity index (χ1) is 7.20. The largest absolute Gasteiger partial charge is 0.465 e. The van der Waals surface area contributed by atoms with Gasteiger partial charge in [-0.2, -0.15) is 0 Å². The normalized spacial score (nSPS) is 8.67. The number of rotatable bonds is 1. The van der Waals surface area contributed by atoms with Gasteiger partial charge in [0.2, 0.25) is 0 Å². The molecule has 1 rings (SSSR count). The Hall–Kier alpha value is -2.15. The molecule has 0 aliphatic carbocycles. The Bertz CT molecular complexity index is 455. The Morgan fingerprint density at radius 1 is 1.53 bits per heavy atom. The van der Waals surface area contributed by atoms with Gasteiger partial charge in [-0.1, -0.05) is 12.0 Å². The van der Waals surface area contributed by atoms with E-state index in [2.05, 4.69) is 16.6 Å². The van der Waals surface area contributed by atoms with E-state index in [4.69, 9.17) is 0 Å². The van der Waals surface area contributed by atoms with Gasteiger partial charge in [-0.15, -0.1) is 0 Å². The molecule has 76 valence electrons. The minimum Gasteiger partial charge on any atom is -0.465 e. The zero-order valence-corrected chi connectivity index (χ0v) is 7.91. The molecular formula is C11H7FO3. The summed E-state index contributed by atoms with van der Waals surface area (Å²) in [6.07, 6.45) is 0.351. The summed E-state index contributed by atoms with van der Waals surface area (Å²) in [5, 5.41) is 0. The van der Waals surface area contributed by atoms with Gasteiger partial charge in [0.1, 0.15) is 0 Å². The van der Waals surface area contributed by atoms with E-state index in [-0.39, 0.29) is 11.1 Å². The van der Waals surface area contributed by atoms with E-state index in [1.165, 1.54) is 18.2 Å². The summed E-state index contributed by atoms with van der Waals surface area (Å²) >= 11 is 0. The van der Waals surface area contributed by atoms with Crippen molar-refractivity contribution >= 4 is 12.3 Å². The van der Waals surface area contributed by atoms with Crippen LogP contribution in [0, 0.1) is 17.7 Å². The van der Waals surface area contributed by atoms with Crippen molar-refractivity contribution in [2.75, 3.05) is 7.11 Å². The van der Waals surface area contributed by atoms with Crippen molar-refractivity contribution in [2.24, 2.45) is 0 Å². The van der Waals surface area contributed by atoms with Crippen LogP contribution in [-0.4, -0.2) is 19.4 Å². The van der Waals surface area contributed by atoms with Gasteiger partial charge in [-0.05, 0) is 18.1 Å². The van der Waals surface area contributed by atoms with Crippen LogP contribution in [0.3, 0.4) is 0 Å². The molecule has 0 N–H and O–H groups in total. The van der Waals surface area contributed by atoms with Crippen molar-refractivity contribution in [3.8, 4) is 11.8 Å². The van der Waals surface area contributed by atoms with Crippen molar-refractivity contribution in [2.45, 2.75) is 0 Å². The first kappa shape index (κ1) is 10.9. The molecule has 15 heavy (non-hydrogen) atoms. The topological polar surface area (TPSA) is 43.4 Å². The number of benzene rings is 1. The summed E-state index contributed by atoms with van der Waals surface area (Å²) in [7, 11) is 1.16. The van der Waals surface area contributed by atoms with Crippen LogP contribution in [0.4, 0.5) is 4.39 Å². The molecule has 0 spiro atoms. The van der Waals surface area contributed by atoms with Gasteiger partial charge in [-0.3, -0.25) is 4.79 Å². The number of carbonyl (C=O) groups excluding carboxylic acids is 2. The Labute approximate surface area is 85.9 Å². The van der Waals surface area contributed by atoms with E-state index in [9.17, 15) is 14.0 Å². The Morgan fingerprint density at radius 3 is 2.87 bits per heavy atom. The Kier molecular flexibility index (Phi) is 3.58. The zero-order valence-electron chi connectivity index (χ0n) is 7.91. The highest BCUT2D eigenvalue weighted by Crippen LogP contribution is 2.12. The lowest BCUT2D eigenvalue weighted by atomic mass is 10.1. The lowest BCUT2D eigenvalue weighted by molar-refractivity contribution is -0.103. The Morgan fingerprint density at radius 2 is 2.27 bits per heavy atom. The maximum atomic E-state index is 13.5. The average Bonchev–Trinajstić information content (AvgIpc) is 2.27. The highest BCUT2D eigenvalue weighted by Gasteiger charge is 2.13. The van der Waals surface area contributed by atoms with Crippen LogP contribution >= 0.6 is 0 Å². The second-order valence-corrected chi connectivity index (χ2v) is 2.55. The van der Waals surface area contributed by atoms with Gasteiger partial charge in [0, 0.05) is 0 Å². The molecule has 0 atom stereocenters. The highest BCUT2D eigenvalue weighted by molar-refractivity contribution is 5.90. The third-order valence-corrected chi connectivity index (χ3v) is 1.67. The fourth-order valence-electron chi connectivity index (χ4n) is 1.00. The van der Waals surface area contributed by atoms with Gasteiger partial charge < -0.3 is 4.74 Å². The standard InChI is InChI=1S/C11H7FO3/c1-15-11(14)9-6-2-4-8(10(9)12)5-3-7-13/h2,4,6-7H,1H3. The zero-order chi connectivity index (χ0) is 11.3. The van der Waals surface area contributed by atoms with Crippen LogP contribution in [0.15, 0.2) is 18.2 Å². The van der Waals surface area contributed by atoms with Crippen molar-refractivity contribution in [3.63, 3.8) is 0 Å². The Balaban J connectivity index is 3.22. The average molecular weight is 206 g/mol. The molecule has 1 aromatic rings. The summed E-state index contributed by atoms with van der Waals surface area (Å²) in [5.41, 5.74) is -0.208. The minimum atomic E-state index is -0.779. The smallest absolute Gasteiger partial charge is 0.340 e. The third kappa shape index (κ3) is 2.41. The summed E-state index contributed by atoms with van der Waals surface area (Å²) in [6.45, 7) is 0. The molecule has 0 heterocycles. The molecule has 3 nitrogen and oxygen atoms in total. The van der Waals surface area contributed by atoms with Crippen LogP contribution in [0.2, 0.25) is 0 Å². The van der Waals surface area contributed by atoms with Crippen LogP contribution in [0.5, 0.6) is 0 Å². The maximum absolute atomic E-state index is 13.5. The fraction of sp³-hybridized carbons (Fsp3) is 0.0909. The molecule has 0 saturated carbocycles. The number of esters is 1. The van der Waals surface area contributed by atoms with Crippen molar-refractivity contribution < 1.29 is 18.7 Å². The number of hydrogen-bond donors (Lipinski definition) is 0. The summed E-state index contributed by atoms with van der Waals surface area (Å²) < 4.78 is 17.9. The number of hydrogen-bond acceptors (Lipinski definition) is 3. The van der Waals surface area contributed by atoms with E-state index in [1.807, 2.05) is 0 Å². The molecule has 0 aromatic heterocycles. The van der Waals surface area contributed by atoms with Crippen LogP contribution < -0.4 is 0 Å². The monoisotopic (exact) mass is 206 g/mol. The van der Waals surface area contributed by atoms with Gasteiger partial charge in [0.25, 0.3) is 0 Å². The number of halogens is 1. The van der Waals surface area contributed by atoms with Crippen LogP contribution in [0.1, 0.15) is 15.9 Å². The molecule has 0 aliphatic rings.